The van der Waals surface area contributed by atoms with Gasteiger partial charge in [-0.15, -0.1) is 0 Å². The Morgan fingerprint density at radius 1 is 1.26 bits per heavy atom. The molecule has 0 spiro atoms. The van der Waals surface area contributed by atoms with Crippen LogP contribution in [0.5, 0.6) is 0 Å². The van der Waals surface area contributed by atoms with E-state index in [1.54, 1.807) is 0 Å². The maximum absolute atomic E-state index is 13.2. The second kappa shape index (κ2) is 8.31. The zero-order valence-corrected chi connectivity index (χ0v) is 16.7. The molecule has 0 aromatic carbocycles. The number of esters is 1. The number of nitrogens with zero attached hydrogens (tertiary/aromatic N) is 2. The highest BCUT2D eigenvalue weighted by molar-refractivity contribution is 5.78. The Labute approximate surface area is 160 Å². The van der Waals surface area contributed by atoms with Crippen LogP contribution in [-0.4, -0.2) is 40.7 Å². The normalized spacial score (nSPS) is 21.9. The standard InChI is InChI=1S/C20H31N3O4/c1-4-26-17(24)13-20(10-6-5-7-11-20)21-19(25)23-12-8-9-16(23)18-14(2)22-27-15(18)3/h16H,4-13H2,1-3H3,(H,21,25)/t16-/m1/s1. The number of likely N-dealkylation sites (tertiary alicyclic amines) is 1. The van der Waals surface area contributed by atoms with Crippen molar-refractivity contribution in [1.82, 2.24) is 15.4 Å². The Morgan fingerprint density at radius 3 is 2.63 bits per heavy atom. The SMILES string of the molecule is CCOC(=O)CC1(NC(=O)N2CCC[C@@H]2c2c(C)noc2C)CCCCC1. The third-order valence-electron chi connectivity index (χ3n) is 5.91. The van der Waals surface area contributed by atoms with Crippen molar-refractivity contribution in [2.45, 2.75) is 83.7 Å². The van der Waals surface area contributed by atoms with E-state index in [0.717, 1.165) is 62.0 Å². The van der Waals surface area contributed by atoms with Crippen LogP contribution in [0.3, 0.4) is 0 Å². The molecule has 3 rings (SSSR count). The van der Waals surface area contributed by atoms with Gasteiger partial charge in [0.2, 0.25) is 0 Å². The summed E-state index contributed by atoms with van der Waals surface area (Å²) in [5, 5.41) is 7.28. The molecule has 1 aliphatic carbocycles. The van der Waals surface area contributed by atoms with E-state index < -0.39 is 5.54 Å². The van der Waals surface area contributed by atoms with Crippen LogP contribution < -0.4 is 5.32 Å². The number of aryl methyl sites for hydroxylation is 2. The molecule has 1 aromatic heterocycles. The summed E-state index contributed by atoms with van der Waals surface area (Å²) in [5.41, 5.74) is 1.37. The fourth-order valence-electron chi connectivity index (χ4n) is 4.64. The summed E-state index contributed by atoms with van der Waals surface area (Å²) >= 11 is 0. The van der Waals surface area contributed by atoms with Gasteiger partial charge < -0.3 is 19.5 Å². The topological polar surface area (TPSA) is 84.7 Å². The van der Waals surface area contributed by atoms with E-state index in [1.165, 1.54) is 0 Å². The number of hydrogen-bond acceptors (Lipinski definition) is 5. The van der Waals surface area contributed by atoms with Crippen molar-refractivity contribution in [2.24, 2.45) is 0 Å². The summed E-state index contributed by atoms with van der Waals surface area (Å²) in [7, 11) is 0. The lowest BCUT2D eigenvalue weighted by Crippen LogP contribution is -2.55. The summed E-state index contributed by atoms with van der Waals surface area (Å²) in [6.45, 7) is 6.69. The van der Waals surface area contributed by atoms with E-state index in [1.807, 2.05) is 25.7 Å². The van der Waals surface area contributed by atoms with E-state index >= 15 is 0 Å². The molecule has 1 saturated heterocycles. The molecular formula is C20H31N3O4. The highest BCUT2D eigenvalue weighted by Crippen LogP contribution is 2.37. The number of amides is 2. The second-order valence-electron chi connectivity index (χ2n) is 7.84. The van der Waals surface area contributed by atoms with Gasteiger partial charge in [-0.25, -0.2) is 4.79 Å². The summed E-state index contributed by atoms with van der Waals surface area (Å²) in [5.74, 6) is 0.541. The molecule has 0 bridgehead atoms. The zero-order chi connectivity index (χ0) is 19.4. The minimum atomic E-state index is -0.493. The van der Waals surface area contributed by atoms with Crippen LogP contribution in [0.4, 0.5) is 4.79 Å². The van der Waals surface area contributed by atoms with Crippen molar-refractivity contribution >= 4 is 12.0 Å². The lowest BCUT2D eigenvalue weighted by atomic mass is 9.79. The average molecular weight is 377 g/mol. The molecule has 0 radical (unpaired) electrons. The number of nitrogens with one attached hydrogen (secondary N) is 1. The zero-order valence-electron chi connectivity index (χ0n) is 16.7. The Bertz CT molecular complexity index is 659. The minimum absolute atomic E-state index is 0.0144. The summed E-state index contributed by atoms with van der Waals surface area (Å²) < 4.78 is 10.5. The van der Waals surface area contributed by atoms with Crippen molar-refractivity contribution in [3.63, 3.8) is 0 Å². The number of hydrogen-bond donors (Lipinski definition) is 1. The average Bonchev–Trinajstić information content (AvgIpc) is 3.22. The molecule has 7 heteroatoms. The highest BCUT2D eigenvalue weighted by Gasteiger charge is 2.40. The molecule has 150 valence electrons. The molecule has 27 heavy (non-hydrogen) atoms. The predicted molar refractivity (Wildman–Crippen MR) is 100 cm³/mol. The monoisotopic (exact) mass is 377 g/mol. The fraction of sp³-hybridized carbons (Fsp3) is 0.750. The van der Waals surface area contributed by atoms with Gasteiger partial charge in [0, 0.05) is 12.1 Å². The van der Waals surface area contributed by atoms with Crippen LogP contribution in [0.2, 0.25) is 0 Å². The maximum atomic E-state index is 13.2. The largest absolute Gasteiger partial charge is 0.466 e. The first-order valence-corrected chi connectivity index (χ1v) is 10.1. The van der Waals surface area contributed by atoms with E-state index in [-0.39, 0.29) is 24.5 Å². The van der Waals surface area contributed by atoms with E-state index in [0.29, 0.717) is 13.2 Å². The van der Waals surface area contributed by atoms with Gasteiger partial charge in [0.15, 0.2) is 0 Å². The van der Waals surface area contributed by atoms with Crippen LogP contribution in [0, 0.1) is 13.8 Å². The third-order valence-corrected chi connectivity index (χ3v) is 5.91. The van der Waals surface area contributed by atoms with E-state index in [2.05, 4.69) is 10.5 Å². The van der Waals surface area contributed by atoms with Crippen molar-refractivity contribution in [1.29, 1.82) is 0 Å². The minimum Gasteiger partial charge on any atom is -0.466 e. The number of urea groups is 1. The highest BCUT2D eigenvalue weighted by atomic mass is 16.5. The first-order chi connectivity index (χ1) is 13.0. The van der Waals surface area contributed by atoms with Crippen LogP contribution in [0.25, 0.3) is 0 Å². The Hall–Kier alpha value is -2.05. The Morgan fingerprint density at radius 2 is 2.00 bits per heavy atom. The molecule has 1 atom stereocenters. The Kier molecular flexibility index (Phi) is 6.07. The van der Waals surface area contributed by atoms with Crippen molar-refractivity contribution in [3.05, 3.63) is 17.0 Å². The molecule has 0 unspecified atom stereocenters. The predicted octanol–water partition coefficient (Wildman–Crippen LogP) is 3.79. The fourth-order valence-corrected chi connectivity index (χ4v) is 4.64. The lowest BCUT2D eigenvalue weighted by Gasteiger charge is -2.39. The van der Waals surface area contributed by atoms with Gasteiger partial charge in [-0.05, 0) is 46.5 Å². The van der Waals surface area contributed by atoms with Gasteiger partial charge in [0.1, 0.15) is 5.76 Å². The first-order valence-electron chi connectivity index (χ1n) is 10.1. The molecule has 2 fully saturated rings. The van der Waals surface area contributed by atoms with Crippen LogP contribution in [-0.2, 0) is 9.53 Å². The molecule has 1 saturated carbocycles. The third kappa shape index (κ3) is 4.28. The number of ether oxygens (including phenoxy) is 1. The second-order valence-corrected chi connectivity index (χ2v) is 7.84. The Balaban J connectivity index is 1.75. The van der Waals surface area contributed by atoms with Crippen LogP contribution in [0.15, 0.2) is 4.52 Å². The summed E-state index contributed by atoms with van der Waals surface area (Å²) in [6.07, 6.45) is 6.93. The number of rotatable bonds is 5. The molecule has 1 aliphatic heterocycles. The van der Waals surface area contributed by atoms with E-state index in [4.69, 9.17) is 9.26 Å². The van der Waals surface area contributed by atoms with Gasteiger partial charge in [0.25, 0.3) is 0 Å². The molecule has 2 heterocycles. The molecular weight excluding hydrogens is 346 g/mol. The van der Waals surface area contributed by atoms with Gasteiger partial charge in [-0.2, -0.15) is 0 Å². The first kappa shape index (κ1) is 19.7. The van der Waals surface area contributed by atoms with Crippen molar-refractivity contribution in [3.8, 4) is 0 Å². The number of aromatic nitrogens is 1. The number of carbonyl (C=O) groups is 2. The lowest BCUT2D eigenvalue weighted by molar-refractivity contribution is -0.145. The van der Waals surface area contributed by atoms with Gasteiger partial charge in [-0.1, -0.05) is 24.4 Å². The molecule has 1 aromatic rings. The molecule has 2 amide bonds. The van der Waals surface area contributed by atoms with Gasteiger partial charge >= 0.3 is 12.0 Å². The molecule has 7 nitrogen and oxygen atoms in total. The molecule has 2 aliphatic rings. The number of carbonyl (C=O) groups excluding carboxylic acids is 2. The van der Waals surface area contributed by atoms with Crippen molar-refractivity contribution < 1.29 is 18.8 Å². The van der Waals surface area contributed by atoms with Crippen LogP contribution in [0.1, 0.15) is 81.3 Å². The smallest absolute Gasteiger partial charge is 0.318 e. The summed E-state index contributed by atoms with van der Waals surface area (Å²) in [4.78, 5) is 27.2. The van der Waals surface area contributed by atoms with Crippen molar-refractivity contribution in [2.75, 3.05) is 13.2 Å². The molecule has 1 N–H and O–H groups in total. The quantitative estimate of drug-likeness (QED) is 0.789. The van der Waals surface area contributed by atoms with Gasteiger partial charge in [0.05, 0.1) is 30.3 Å². The van der Waals surface area contributed by atoms with E-state index in [9.17, 15) is 9.59 Å². The van der Waals surface area contributed by atoms with Gasteiger partial charge in [-0.3, -0.25) is 4.79 Å². The summed E-state index contributed by atoms with van der Waals surface area (Å²) in [6, 6.07) is -0.108. The maximum Gasteiger partial charge on any atom is 0.318 e. The van der Waals surface area contributed by atoms with Crippen LogP contribution >= 0.6 is 0 Å².